The molecule has 1 amide bonds. The summed E-state index contributed by atoms with van der Waals surface area (Å²) in [6, 6.07) is 3.33. The van der Waals surface area contributed by atoms with E-state index in [0.29, 0.717) is 36.4 Å². The second-order valence-corrected chi connectivity index (χ2v) is 21.2. The maximum Gasteiger partial charge on any atom is 0.312 e. The lowest BCUT2D eigenvalue weighted by molar-refractivity contribution is -0.157. The number of phenols is 2. The van der Waals surface area contributed by atoms with E-state index in [1.54, 1.807) is 31.2 Å². The number of phenolic OH excluding ortho intramolecular Hbond substituents is 2. The predicted molar refractivity (Wildman–Crippen MR) is 275 cm³/mol. The molecule has 16 heteroatoms. The topological polar surface area (TPSA) is 201 Å². The first-order valence-electron chi connectivity index (χ1n) is 24.6. The van der Waals surface area contributed by atoms with Gasteiger partial charge in [0.05, 0.1) is 23.3 Å². The molecular formula is C54H69BrN4O11. The third kappa shape index (κ3) is 10.2. The molecule has 378 valence electrons. The molecule has 6 aliphatic rings. The maximum atomic E-state index is 15.0. The SMILES string of the molecule is C/C1=C/C=C/[C@H](C)[C@H](OC(=O)CCCBr)[C@@H](C)[C@@H](O)[C@@H](C)[C@H](C)[C@H](C)[C@@H](C)/C=C/O[C@@]2(C)Oc3c(C)c(O)c4c(=O)c(c5oc6cc(N7CCN(CC(C)C)CC7)cc(O)c6nc-5c4c3C2=O)NC1=O. The number of aromatic hydroxyl groups is 2. The Bertz CT molecular complexity index is 2780. The Morgan fingerprint density at radius 3 is 2.33 bits per heavy atom. The molecular weight excluding hydrogens is 961 g/mol. The Morgan fingerprint density at radius 2 is 1.66 bits per heavy atom. The number of nitrogens with zero attached hydrogens (tertiary/aromatic N) is 3. The molecule has 9 atom stereocenters. The number of anilines is 2. The highest BCUT2D eigenvalue weighted by Gasteiger charge is 2.50. The molecule has 0 spiro atoms. The standard InChI is InChI=1S/C54H69BrN4O11/c1-27(2)26-58-19-21-59(22-20-58)36-24-37(60)43-38(25-36)68-51-44(56-43)40-41-47(63)35(10)50-42(40)52(65)54(11,70-50)67-23-17-28(3)31(6)32(7)33(8)46(62)34(9)49(69-39(61)16-13-18-55)29(4)14-12-15-30(5)53(66)57-45(51)48(41)64/h12,14-15,17,23-25,27-29,31-34,46,49,60,62-63H,13,16,18-22,26H2,1-11H3,(H,57,66)/b14-12+,23-17+,30-15-/t28-,29-,31+,32+,33-,34-,46-,49-,54-/m0/s1. The predicted octanol–water partition coefficient (Wildman–Crippen LogP) is 9.48. The molecule has 15 nitrogen and oxygen atoms in total. The van der Waals surface area contributed by atoms with Crippen LogP contribution in [0.15, 0.2) is 57.5 Å². The number of halogens is 1. The number of amides is 1. The highest BCUT2D eigenvalue weighted by Crippen LogP contribution is 2.51. The van der Waals surface area contributed by atoms with Crippen molar-refractivity contribution >= 4 is 66.8 Å². The molecule has 1 aliphatic carbocycles. The normalized spacial score (nSPS) is 29.0. The number of fused-ring (bicyclic) bond motifs is 14. The molecule has 8 rings (SSSR count). The number of aliphatic hydroxyl groups excluding tert-OH is 1. The number of aliphatic hydroxyl groups is 1. The Hall–Kier alpha value is -5.45. The van der Waals surface area contributed by atoms with Crippen molar-refractivity contribution in [2.45, 2.75) is 107 Å². The van der Waals surface area contributed by atoms with E-state index in [2.05, 4.69) is 58.7 Å². The Balaban J connectivity index is 1.40. The molecule has 0 aromatic heterocycles. The first-order valence-corrected chi connectivity index (χ1v) is 25.7. The molecule has 5 bridgehead atoms. The van der Waals surface area contributed by atoms with Crippen molar-refractivity contribution in [2.75, 3.05) is 48.3 Å². The minimum absolute atomic E-state index is 0.000183. The summed E-state index contributed by atoms with van der Waals surface area (Å²) in [7, 11) is 0. The number of hydrogen-bond donors (Lipinski definition) is 4. The van der Waals surface area contributed by atoms with Gasteiger partial charge in [-0.25, -0.2) is 4.98 Å². The Labute approximate surface area is 418 Å². The van der Waals surface area contributed by atoms with Gasteiger partial charge >= 0.3 is 11.8 Å². The van der Waals surface area contributed by atoms with Gasteiger partial charge in [0.1, 0.15) is 40.3 Å². The highest BCUT2D eigenvalue weighted by atomic mass is 79.9. The van der Waals surface area contributed by atoms with Crippen molar-refractivity contribution in [2.24, 2.45) is 41.4 Å². The molecule has 5 heterocycles. The van der Waals surface area contributed by atoms with E-state index in [4.69, 9.17) is 23.6 Å². The van der Waals surface area contributed by atoms with Crippen molar-refractivity contribution in [3.8, 4) is 28.7 Å². The van der Waals surface area contributed by atoms with Gasteiger partial charge in [-0.3, -0.25) is 24.1 Å². The monoisotopic (exact) mass is 1030 g/mol. The van der Waals surface area contributed by atoms with Crippen LogP contribution in [0, 0.1) is 48.3 Å². The van der Waals surface area contributed by atoms with E-state index >= 15 is 0 Å². The number of ketones is 1. The lowest BCUT2D eigenvalue weighted by Gasteiger charge is -2.38. The summed E-state index contributed by atoms with van der Waals surface area (Å²) in [5.74, 6) is -5.35. The smallest absolute Gasteiger partial charge is 0.312 e. The van der Waals surface area contributed by atoms with Crippen LogP contribution in [0.1, 0.15) is 98.0 Å². The van der Waals surface area contributed by atoms with E-state index in [1.165, 1.54) is 20.1 Å². The summed E-state index contributed by atoms with van der Waals surface area (Å²) in [6.45, 7) is 24.8. The number of rotatable bonds is 7. The van der Waals surface area contributed by atoms with Crippen molar-refractivity contribution in [3.63, 3.8) is 0 Å². The molecule has 2 aromatic carbocycles. The molecule has 1 saturated heterocycles. The van der Waals surface area contributed by atoms with Crippen molar-refractivity contribution in [3.05, 3.63) is 69.6 Å². The lowest BCUT2D eigenvalue weighted by Crippen LogP contribution is -2.47. The molecule has 1 fully saturated rings. The first-order chi connectivity index (χ1) is 33.1. The van der Waals surface area contributed by atoms with E-state index in [1.807, 2.05) is 39.8 Å². The van der Waals surface area contributed by atoms with E-state index in [-0.39, 0.29) is 103 Å². The number of nitrogens with one attached hydrogen (secondary N) is 1. The van der Waals surface area contributed by atoms with Crippen LogP contribution in [0.2, 0.25) is 0 Å². The average Bonchev–Trinajstić information content (AvgIpc) is 3.59. The van der Waals surface area contributed by atoms with Crippen LogP contribution in [0.25, 0.3) is 33.3 Å². The summed E-state index contributed by atoms with van der Waals surface area (Å²) < 4.78 is 25.2. The number of carbonyl (C=O) groups is 3. The molecule has 70 heavy (non-hydrogen) atoms. The summed E-state index contributed by atoms with van der Waals surface area (Å²) in [5.41, 5.74) is -0.283. The molecule has 0 saturated carbocycles. The van der Waals surface area contributed by atoms with Gasteiger partial charge in [-0.15, -0.1) is 0 Å². The van der Waals surface area contributed by atoms with Gasteiger partial charge < -0.3 is 44.2 Å². The van der Waals surface area contributed by atoms with Crippen molar-refractivity contribution in [1.29, 1.82) is 0 Å². The second kappa shape index (κ2) is 21.1. The number of benzene rings is 3. The fourth-order valence-electron chi connectivity index (χ4n) is 10.1. The zero-order valence-electron chi connectivity index (χ0n) is 42.2. The van der Waals surface area contributed by atoms with Crippen LogP contribution < -0.4 is 20.4 Å². The number of alkyl halides is 1. The van der Waals surface area contributed by atoms with Crippen molar-refractivity contribution in [1.82, 2.24) is 9.88 Å². The maximum absolute atomic E-state index is 15.0. The summed E-state index contributed by atoms with van der Waals surface area (Å²) >= 11 is 3.38. The fraction of sp³-hybridized carbons (Fsp3) is 0.537. The Kier molecular flexibility index (Phi) is 15.8. The third-order valence-electron chi connectivity index (χ3n) is 15.0. The molecule has 5 aliphatic heterocycles. The number of carbonyl (C=O) groups excluding carboxylic acids is 3. The van der Waals surface area contributed by atoms with Gasteiger partial charge in [0.2, 0.25) is 5.43 Å². The van der Waals surface area contributed by atoms with Crippen LogP contribution >= 0.6 is 15.9 Å². The van der Waals surface area contributed by atoms with Gasteiger partial charge in [-0.05, 0) is 55.9 Å². The zero-order valence-corrected chi connectivity index (χ0v) is 43.8. The molecule has 2 aromatic rings. The molecule has 4 N–H and O–H groups in total. The van der Waals surface area contributed by atoms with Crippen LogP contribution in [0.5, 0.6) is 17.2 Å². The quantitative estimate of drug-likeness (QED) is 0.0590. The average molecular weight is 1030 g/mol. The zero-order chi connectivity index (χ0) is 51.1. The van der Waals surface area contributed by atoms with Crippen LogP contribution in [0.3, 0.4) is 0 Å². The number of Topliss-reactive ketones (excluding diaryl/α,β-unsaturated/α-hetero) is 1. The number of esters is 1. The number of aromatic nitrogens is 1. The fourth-order valence-corrected chi connectivity index (χ4v) is 10.4. The first kappa shape index (κ1) is 52.4. The number of ether oxygens (including phenoxy) is 3. The van der Waals surface area contributed by atoms with Gasteiger partial charge in [0.15, 0.2) is 11.3 Å². The summed E-state index contributed by atoms with van der Waals surface area (Å²) in [6.07, 6.45) is 7.49. The second-order valence-electron chi connectivity index (χ2n) is 20.4. The molecule has 0 radical (unpaired) electrons. The van der Waals surface area contributed by atoms with Crippen LogP contribution in [-0.2, 0) is 19.1 Å². The summed E-state index contributed by atoms with van der Waals surface area (Å²) in [4.78, 5) is 66.5. The van der Waals surface area contributed by atoms with E-state index in [9.17, 15) is 34.5 Å². The lowest BCUT2D eigenvalue weighted by atomic mass is 9.72. The molecule has 0 unspecified atom stereocenters. The highest BCUT2D eigenvalue weighted by molar-refractivity contribution is 9.09. The van der Waals surface area contributed by atoms with Crippen LogP contribution in [0.4, 0.5) is 11.4 Å². The minimum atomic E-state index is -1.95. The van der Waals surface area contributed by atoms with Gasteiger partial charge in [0, 0.05) is 97.6 Å². The van der Waals surface area contributed by atoms with Gasteiger partial charge in [-0.1, -0.05) is 89.5 Å². The summed E-state index contributed by atoms with van der Waals surface area (Å²) in [5, 5.41) is 38.5. The minimum Gasteiger partial charge on any atom is -0.507 e. The number of piperazine rings is 1. The largest absolute Gasteiger partial charge is 0.507 e. The van der Waals surface area contributed by atoms with Gasteiger partial charge in [0.25, 0.3) is 11.7 Å². The van der Waals surface area contributed by atoms with Crippen LogP contribution in [-0.4, -0.2) is 98.9 Å². The Morgan fingerprint density at radius 1 is 0.957 bits per heavy atom. The van der Waals surface area contributed by atoms with Crippen molar-refractivity contribution < 1.29 is 48.3 Å². The van der Waals surface area contributed by atoms with E-state index < -0.39 is 52.7 Å². The third-order valence-corrected chi connectivity index (χ3v) is 15.5. The number of hydrogen-bond acceptors (Lipinski definition) is 14. The number of allylic oxidation sites excluding steroid dienone is 3. The van der Waals surface area contributed by atoms with Gasteiger partial charge in [-0.2, -0.15) is 0 Å². The van der Waals surface area contributed by atoms with E-state index in [0.717, 1.165) is 19.6 Å².